The lowest BCUT2D eigenvalue weighted by molar-refractivity contribution is -0.122. The van der Waals surface area contributed by atoms with E-state index in [4.69, 9.17) is 21.1 Å². The Bertz CT molecular complexity index is 827. The molecular formula is C18H17BrClNO5. The van der Waals surface area contributed by atoms with Crippen molar-refractivity contribution < 1.29 is 23.8 Å². The van der Waals surface area contributed by atoms with Gasteiger partial charge in [0.2, 0.25) is 0 Å². The number of anilines is 1. The molecule has 0 spiro atoms. The lowest BCUT2D eigenvalue weighted by atomic mass is 10.2. The van der Waals surface area contributed by atoms with Gasteiger partial charge >= 0.3 is 5.97 Å². The van der Waals surface area contributed by atoms with E-state index < -0.39 is 12.1 Å². The molecule has 0 saturated heterocycles. The highest BCUT2D eigenvalue weighted by Crippen LogP contribution is 2.29. The van der Waals surface area contributed by atoms with Crippen LogP contribution in [0.25, 0.3) is 0 Å². The minimum absolute atomic E-state index is 0.352. The summed E-state index contributed by atoms with van der Waals surface area (Å²) >= 11 is 9.36. The molecule has 26 heavy (non-hydrogen) atoms. The van der Waals surface area contributed by atoms with Gasteiger partial charge in [0.1, 0.15) is 11.5 Å². The number of rotatable bonds is 6. The molecule has 0 aromatic heterocycles. The first-order chi connectivity index (χ1) is 12.3. The molecule has 6 nitrogen and oxygen atoms in total. The van der Waals surface area contributed by atoms with E-state index in [9.17, 15) is 9.59 Å². The standard InChI is InChI=1S/C18H17BrClNO5/c1-10(17(22)21-12-5-7-16(24-2)14(20)9-12)26-15-6-4-11(8-13(15)19)18(23)25-3/h4-10H,1-3H3,(H,21,22). The maximum atomic E-state index is 12.3. The highest BCUT2D eigenvalue weighted by Gasteiger charge is 2.18. The van der Waals surface area contributed by atoms with E-state index in [2.05, 4.69) is 26.0 Å². The molecule has 0 radical (unpaired) electrons. The van der Waals surface area contributed by atoms with Crippen molar-refractivity contribution in [2.45, 2.75) is 13.0 Å². The van der Waals surface area contributed by atoms with Crippen LogP contribution in [0.5, 0.6) is 11.5 Å². The second-order valence-electron chi connectivity index (χ2n) is 5.24. The van der Waals surface area contributed by atoms with E-state index in [1.54, 1.807) is 43.3 Å². The smallest absolute Gasteiger partial charge is 0.337 e. The average Bonchev–Trinajstić information content (AvgIpc) is 2.62. The molecule has 1 atom stereocenters. The van der Waals surface area contributed by atoms with E-state index in [0.717, 1.165) is 0 Å². The summed E-state index contributed by atoms with van der Waals surface area (Å²) in [7, 11) is 2.82. The van der Waals surface area contributed by atoms with E-state index >= 15 is 0 Å². The van der Waals surface area contributed by atoms with Crippen molar-refractivity contribution >= 4 is 45.1 Å². The molecule has 0 aliphatic rings. The number of amides is 1. The number of carbonyl (C=O) groups excluding carboxylic acids is 2. The van der Waals surface area contributed by atoms with Gasteiger partial charge in [-0.05, 0) is 59.3 Å². The Hall–Kier alpha value is -2.25. The zero-order chi connectivity index (χ0) is 19.3. The highest BCUT2D eigenvalue weighted by molar-refractivity contribution is 9.10. The van der Waals surface area contributed by atoms with Gasteiger partial charge in [-0.25, -0.2) is 4.79 Å². The monoisotopic (exact) mass is 441 g/mol. The molecule has 2 aromatic carbocycles. The van der Waals surface area contributed by atoms with Gasteiger partial charge in [0, 0.05) is 5.69 Å². The normalized spacial score (nSPS) is 11.4. The summed E-state index contributed by atoms with van der Waals surface area (Å²) in [5, 5.41) is 3.11. The van der Waals surface area contributed by atoms with Crippen LogP contribution in [-0.4, -0.2) is 32.2 Å². The summed E-state index contributed by atoms with van der Waals surface area (Å²) in [6.07, 6.45) is -0.781. The summed E-state index contributed by atoms with van der Waals surface area (Å²) in [4.78, 5) is 23.8. The van der Waals surface area contributed by atoms with Crippen molar-refractivity contribution in [1.82, 2.24) is 0 Å². The fraction of sp³-hybridized carbons (Fsp3) is 0.222. The first-order valence-electron chi connectivity index (χ1n) is 7.54. The van der Waals surface area contributed by atoms with Gasteiger partial charge in [0.25, 0.3) is 5.91 Å². The number of nitrogens with one attached hydrogen (secondary N) is 1. The number of benzene rings is 2. The van der Waals surface area contributed by atoms with E-state index in [-0.39, 0.29) is 5.91 Å². The van der Waals surface area contributed by atoms with Gasteiger partial charge in [-0.15, -0.1) is 0 Å². The number of esters is 1. The molecule has 2 aromatic rings. The van der Waals surface area contributed by atoms with Crippen molar-refractivity contribution in [3.8, 4) is 11.5 Å². The molecule has 0 aliphatic carbocycles. The summed E-state index contributed by atoms with van der Waals surface area (Å²) < 4.78 is 15.9. The van der Waals surface area contributed by atoms with Gasteiger partial charge < -0.3 is 19.5 Å². The maximum Gasteiger partial charge on any atom is 0.337 e. The third-order valence-electron chi connectivity index (χ3n) is 3.45. The van der Waals surface area contributed by atoms with Crippen molar-refractivity contribution in [1.29, 1.82) is 0 Å². The Labute approximate surface area is 164 Å². The number of methoxy groups -OCH3 is 2. The molecule has 8 heteroatoms. The van der Waals surface area contributed by atoms with Crippen LogP contribution < -0.4 is 14.8 Å². The molecule has 138 valence electrons. The molecule has 0 bridgehead atoms. The summed E-state index contributed by atoms with van der Waals surface area (Å²) in [6.45, 7) is 1.61. The van der Waals surface area contributed by atoms with Crippen LogP contribution in [-0.2, 0) is 9.53 Å². The van der Waals surface area contributed by atoms with Gasteiger partial charge in [-0.3, -0.25) is 4.79 Å². The SMILES string of the molecule is COC(=O)c1ccc(OC(C)C(=O)Nc2ccc(OC)c(Cl)c2)c(Br)c1. The predicted molar refractivity (Wildman–Crippen MR) is 102 cm³/mol. The van der Waals surface area contributed by atoms with Crippen LogP contribution in [0.4, 0.5) is 5.69 Å². The topological polar surface area (TPSA) is 73.9 Å². The highest BCUT2D eigenvalue weighted by atomic mass is 79.9. The first-order valence-corrected chi connectivity index (χ1v) is 8.71. The van der Waals surface area contributed by atoms with Gasteiger partial charge in [-0.2, -0.15) is 0 Å². The van der Waals surface area contributed by atoms with Crippen molar-refractivity contribution in [2.24, 2.45) is 0 Å². The van der Waals surface area contributed by atoms with Crippen LogP contribution in [0, 0.1) is 0 Å². The molecule has 0 heterocycles. The Kier molecular flexibility index (Phi) is 6.88. The van der Waals surface area contributed by atoms with Crippen molar-refractivity contribution in [3.63, 3.8) is 0 Å². The molecule has 1 amide bonds. The van der Waals surface area contributed by atoms with Crippen molar-refractivity contribution in [3.05, 3.63) is 51.5 Å². The third-order valence-corrected chi connectivity index (χ3v) is 4.36. The predicted octanol–water partition coefficient (Wildman–Crippen LogP) is 4.30. The van der Waals surface area contributed by atoms with Crippen LogP contribution in [0.1, 0.15) is 17.3 Å². The molecule has 1 unspecified atom stereocenters. The van der Waals surface area contributed by atoms with Crippen LogP contribution in [0.15, 0.2) is 40.9 Å². The van der Waals surface area contributed by atoms with E-state index in [1.165, 1.54) is 14.2 Å². The second kappa shape index (κ2) is 8.91. The Morgan fingerprint density at radius 1 is 1.12 bits per heavy atom. The first kappa shape index (κ1) is 20.1. The van der Waals surface area contributed by atoms with Crippen LogP contribution >= 0.6 is 27.5 Å². The average molecular weight is 443 g/mol. The molecule has 0 saturated carbocycles. The fourth-order valence-corrected chi connectivity index (χ4v) is 2.80. The summed E-state index contributed by atoms with van der Waals surface area (Å²) in [5.74, 6) is 0.131. The molecule has 1 N–H and O–H groups in total. The van der Waals surface area contributed by atoms with E-state index in [1.807, 2.05) is 0 Å². The maximum absolute atomic E-state index is 12.3. The third kappa shape index (κ3) is 4.89. The molecule has 2 rings (SSSR count). The van der Waals surface area contributed by atoms with E-state index in [0.29, 0.717) is 32.2 Å². The van der Waals surface area contributed by atoms with Gasteiger partial charge in [-0.1, -0.05) is 11.6 Å². The van der Waals surface area contributed by atoms with Crippen LogP contribution in [0.2, 0.25) is 5.02 Å². The Morgan fingerprint density at radius 3 is 2.38 bits per heavy atom. The summed E-state index contributed by atoms with van der Waals surface area (Å²) in [6, 6.07) is 9.63. The minimum Gasteiger partial charge on any atom is -0.495 e. The summed E-state index contributed by atoms with van der Waals surface area (Å²) in [5.41, 5.74) is 0.896. The molecule has 0 aliphatic heterocycles. The Morgan fingerprint density at radius 2 is 1.81 bits per heavy atom. The zero-order valence-corrected chi connectivity index (χ0v) is 16.7. The van der Waals surface area contributed by atoms with Crippen LogP contribution in [0.3, 0.4) is 0 Å². The van der Waals surface area contributed by atoms with Crippen molar-refractivity contribution in [2.75, 3.05) is 19.5 Å². The fourth-order valence-electron chi connectivity index (χ4n) is 2.07. The number of hydrogen-bond donors (Lipinski definition) is 1. The lowest BCUT2D eigenvalue weighted by Gasteiger charge is -2.16. The number of ether oxygens (including phenoxy) is 3. The quantitative estimate of drug-likeness (QED) is 0.675. The lowest BCUT2D eigenvalue weighted by Crippen LogP contribution is -2.30. The number of carbonyl (C=O) groups is 2. The largest absolute Gasteiger partial charge is 0.495 e. The number of hydrogen-bond acceptors (Lipinski definition) is 5. The minimum atomic E-state index is -0.781. The van der Waals surface area contributed by atoms with Gasteiger partial charge in [0.05, 0.1) is 29.3 Å². The second-order valence-corrected chi connectivity index (χ2v) is 6.50. The molecular weight excluding hydrogens is 426 g/mol. The van der Waals surface area contributed by atoms with Gasteiger partial charge in [0.15, 0.2) is 6.10 Å². The number of halogens is 2. The Balaban J connectivity index is 2.05. The molecule has 0 fully saturated rings. The zero-order valence-electron chi connectivity index (χ0n) is 14.3.